The highest BCUT2D eigenvalue weighted by atomic mass is 16.5. The Hall–Kier alpha value is -3.14. The number of carbonyl (C=O) groups excluding carboxylic acids is 2. The van der Waals surface area contributed by atoms with Gasteiger partial charge in [-0.25, -0.2) is 0 Å². The second-order valence-corrected chi connectivity index (χ2v) is 5.42. The standard InChI is InChI=1S/C21H20O4/c1-15(22)13-20(17-9-11-18(24-3)12-10-17)21(16(2)23)14-25-19-7-5-4-6-8-19/h4-14H,1-3H3. The van der Waals surface area contributed by atoms with Crippen molar-refractivity contribution in [3.63, 3.8) is 0 Å². The van der Waals surface area contributed by atoms with Gasteiger partial charge in [-0.2, -0.15) is 0 Å². The van der Waals surface area contributed by atoms with E-state index < -0.39 is 0 Å². The zero-order valence-electron chi connectivity index (χ0n) is 14.5. The number of ether oxygens (including phenoxy) is 2. The molecule has 0 saturated heterocycles. The normalized spacial score (nSPS) is 11.8. The van der Waals surface area contributed by atoms with Gasteiger partial charge < -0.3 is 9.47 Å². The maximum absolute atomic E-state index is 12.2. The molecule has 0 saturated carbocycles. The highest BCUT2D eigenvalue weighted by molar-refractivity contribution is 6.12. The summed E-state index contributed by atoms with van der Waals surface area (Å²) < 4.78 is 10.7. The van der Waals surface area contributed by atoms with Gasteiger partial charge in [0, 0.05) is 0 Å². The molecular formula is C21H20O4. The largest absolute Gasteiger partial charge is 0.497 e. The van der Waals surface area contributed by atoms with E-state index in [1.54, 1.807) is 43.5 Å². The lowest BCUT2D eigenvalue weighted by atomic mass is 9.95. The summed E-state index contributed by atoms with van der Waals surface area (Å²) in [6.45, 7) is 2.89. The maximum atomic E-state index is 12.2. The molecule has 0 radical (unpaired) electrons. The van der Waals surface area contributed by atoms with Crippen LogP contribution >= 0.6 is 0 Å². The number of benzene rings is 2. The van der Waals surface area contributed by atoms with Crippen LogP contribution in [0.1, 0.15) is 19.4 Å². The van der Waals surface area contributed by atoms with E-state index in [-0.39, 0.29) is 11.6 Å². The van der Waals surface area contributed by atoms with Gasteiger partial charge in [-0.15, -0.1) is 0 Å². The summed E-state index contributed by atoms with van der Waals surface area (Å²) in [6.07, 6.45) is 2.82. The van der Waals surface area contributed by atoms with Crippen molar-refractivity contribution in [2.24, 2.45) is 0 Å². The zero-order chi connectivity index (χ0) is 18.2. The van der Waals surface area contributed by atoms with Crippen molar-refractivity contribution in [1.82, 2.24) is 0 Å². The third kappa shape index (κ3) is 5.18. The van der Waals surface area contributed by atoms with Gasteiger partial charge in [0.1, 0.15) is 17.8 Å². The van der Waals surface area contributed by atoms with E-state index in [0.29, 0.717) is 22.6 Å². The van der Waals surface area contributed by atoms with Crippen molar-refractivity contribution < 1.29 is 19.1 Å². The number of methoxy groups -OCH3 is 1. The van der Waals surface area contributed by atoms with E-state index in [1.807, 2.05) is 18.2 Å². The van der Waals surface area contributed by atoms with Crippen LogP contribution in [-0.4, -0.2) is 18.7 Å². The van der Waals surface area contributed by atoms with Gasteiger partial charge in [-0.3, -0.25) is 9.59 Å². The lowest BCUT2D eigenvalue weighted by Crippen LogP contribution is -2.04. The Bertz CT molecular complexity index is 800. The van der Waals surface area contributed by atoms with Crippen LogP contribution < -0.4 is 9.47 Å². The molecule has 0 aliphatic heterocycles. The molecular weight excluding hydrogens is 316 g/mol. The smallest absolute Gasteiger partial charge is 0.163 e. The fraction of sp³-hybridized carbons (Fsp3) is 0.143. The number of hydrogen-bond donors (Lipinski definition) is 0. The summed E-state index contributed by atoms with van der Waals surface area (Å²) in [5.41, 5.74) is 1.57. The summed E-state index contributed by atoms with van der Waals surface area (Å²) in [5, 5.41) is 0. The third-order valence-electron chi connectivity index (χ3n) is 3.47. The van der Waals surface area contributed by atoms with Crippen LogP contribution in [0.4, 0.5) is 0 Å². The van der Waals surface area contributed by atoms with Crippen LogP contribution in [0.25, 0.3) is 5.57 Å². The Morgan fingerprint density at radius 2 is 1.52 bits per heavy atom. The second kappa shape index (κ2) is 8.64. The maximum Gasteiger partial charge on any atom is 0.163 e. The van der Waals surface area contributed by atoms with E-state index in [9.17, 15) is 9.59 Å². The van der Waals surface area contributed by atoms with Crippen molar-refractivity contribution in [2.45, 2.75) is 13.8 Å². The van der Waals surface area contributed by atoms with Gasteiger partial charge in [0.25, 0.3) is 0 Å². The van der Waals surface area contributed by atoms with Gasteiger partial charge >= 0.3 is 0 Å². The van der Waals surface area contributed by atoms with Gasteiger partial charge in [0.15, 0.2) is 11.6 Å². The highest BCUT2D eigenvalue weighted by Gasteiger charge is 2.15. The minimum absolute atomic E-state index is 0.155. The Morgan fingerprint density at radius 1 is 0.880 bits per heavy atom. The lowest BCUT2D eigenvalue weighted by Gasteiger charge is -2.11. The monoisotopic (exact) mass is 336 g/mol. The second-order valence-electron chi connectivity index (χ2n) is 5.42. The minimum atomic E-state index is -0.195. The van der Waals surface area contributed by atoms with E-state index in [2.05, 4.69) is 0 Å². The average molecular weight is 336 g/mol. The van der Waals surface area contributed by atoms with Crippen molar-refractivity contribution in [2.75, 3.05) is 7.11 Å². The van der Waals surface area contributed by atoms with Gasteiger partial charge in [0.2, 0.25) is 0 Å². The van der Waals surface area contributed by atoms with E-state index in [1.165, 1.54) is 26.2 Å². The molecule has 0 aliphatic carbocycles. The Balaban J connectivity index is 2.44. The summed E-state index contributed by atoms with van der Waals surface area (Å²) >= 11 is 0. The average Bonchev–Trinajstić information content (AvgIpc) is 2.61. The first kappa shape index (κ1) is 18.2. The molecule has 0 aliphatic rings. The number of allylic oxidation sites excluding steroid dienone is 3. The lowest BCUT2D eigenvalue weighted by molar-refractivity contribution is -0.113. The predicted molar refractivity (Wildman–Crippen MR) is 97.5 cm³/mol. The summed E-state index contributed by atoms with van der Waals surface area (Å²) in [5.74, 6) is 0.954. The molecule has 0 atom stereocenters. The minimum Gasteiger partial charge on any atom is -0.497 e. The number of ketones is 2. The summed E-state index contributed by atoms with van der Waals surface area (Å²) in [4.78, 5) is 23.8. The zero-order valence-corrected chi connectivity index (χ0v) is 14.5. The molecule has 128 valence electrons. The number of rotatable bonds is 7. The first-order valence-electron chi connectivity index (χ1n) is 7.81. The Kier molecular flexibility index (Phi) is 6.29. The van der Waals surface area contributed by atoms with Crippen molar-refractivity contribution in [1.29, 1.82) is 0 Å². The van der Waals surface area contributed by atoms with Gasteiger partial charge in [0.05, 0.1) is 12.7 Å². The first-order chi connectivity index (χ1) is 12.0. The molecule has 0 unspecified atom stereocenters. The summed E-state index contributed by atoms with van der Waals surface area (Å²) in [6, 6.07) is 16.3. The van der Waals surface area contributed by atoms with Crippen LogP contribution in [0.2, 0.25) is 0 Å². The first-order valence-corrected chi connectivity index (χ1v) is 7.81. The molecule has 0 heterocycles. The summed E-state index contributed by atoms with van der Waals surface area (Å²) in [7, 11) is 1.58. The molecule has 4 heteroatoms. The van der Waals surface area contributed by atoms with Gasteiger partial charge in [-0.05, 0) is 55.3 Å². The van der Waals surface area contributed by atoms with Crippen LogP contribution in [-0.2, 0) is 9.59 Å². The van der Waals surface area contributed by atoms with E-state index in [0.717, 1.165) is 5.56 Å². The van der Waals surface area contributed by atoms with E-state index in [4.69, 9.17) is 9.47 Å². The SMILES string of the molecule is COc1ccc(C(=CC(C)=O)C(=COc2ccccc2)C(C)=O)cc1. The topological polar surface area (TPSA) is 52.6 Å². The molecule has 25 heavy (non-hydrogen) atoms. The molecule has 0 amide bonds. The number of Topliss-reactive ketones (excluding diaryl/α,β-unsaturated/α-hetero) is 1. The van der Waals surface area contributed by atoms with Crippen LogP contribution in [0.5, 0.6) is 11.5 Å². The molecule has 0 bridgehead atoms. The molecule has 4 nitrogen and oxygen atoms in total. The molecule has 0 aromatic heterocycles. The van der Waals surface area contributed by atoms with E-state index >= 15 is 0 Å². The van der Waals surface area contributed by atoms with Crippen molar-refractivity contribution >= 4 is 17.1 Å². The number of hydrogen-bond acceptors (Lipinski definition) is 4. The van der Waals surface area contributed by atoms with Crippen LogP contribution in [0, 0.1) is 0 Å². The van der Waals surface area contributed by atoms with Crippen molar-refractivity contribution in [3.8, 4) is 11.5 Å². The highest BCUT2D eigenvalue weighted by Crippen LogP contribution is 2.26. The Morgan fingerprint density at radius 3 is 2.04 bits per heavy atom. The number of para-hydroxylation sites is 1. The fourth-order valence-electron chi connectivity index (χ4n) is 2.25. The molecule has 0 N–H and O–H groups in total. The molecule has 2 aromatic carbocycles. The molecule has 2 rings (SSSR count). The van der Waals surface area contributed by atoms with Crippen molar-refractivity contribution in [3.05, 3.63) is 78.1 Å². The molecule has 0 spiro atoms. The molecule has 0 fully saturated rings. The Labute approximate surface area is 147 Å². The van der Waals surface area contributed by atoms with Crippen LogP contribution in [0.3, 0.4) is 0 Å². The third-order valence-corrected chi connectivity index (χ3v) is 3.47. The van der Waals surface area contributed by atoms with Gasteiger partial charge in [-0.1, -0.05) is 30.3 Å². The van der Waals surface area contributed by atoms with Crippen LogP contribution in [0.15, 0.2) is 72.5 Å². The fourth-order valence-corrected chi connectivity index (χ4v) is 2.25. The molecule has 2 aromatic rings. The predicted octanol–water partition coefficient (Wildman–Crippen LogP) is 4.22. The quantitative estimate of drug-likeness (QED) is 0.431. The number of carbonyl (C=O) groups is 2.